The van der Waals surface area contributed by atoms with Crippen molar-refractivity contribution in [3.8, 4) is 0 Å². The van der Waals surface area contributed by atoms with Crippen LogP contribution in [-0.4, -0.2) is 68.1 Å². The summed E-state index contributed by atoms with van der Waals surface area (Å²) in [5.41, 5.74) is 0. The fourth-order valence-corrected chi connectivity index (χ4v) is 0.785. The molecule has 5 N–H and O–H groups in total. The molecule has 0 fully saturated rings. The highest BCUT2D eigenvalue weighted by Gasteiger charge is 2.34. The summed E-state index contributed by atoms with van der Waals surface area (Å²) in [6.45, 7) is 0.190. The molecule has 0 aromatic rings. The smallest absolute Gasteiger partial charge is 0.232 e. The van der Waals surface area contributed by atoms with Crippen LogP contribution in [0.3, 0.4) is 0 Å². The van der Waals surface area contributed by atoms with E-state index in [2.05, 4.69) is 0 Å². The third-order valence-corrected chi connectivity index (χ3v) is 1.79. The van der Waals surface area contributed by atoms with Crippen LogP contribution in [0.15, 0.2) is 0 Å². The predicted octanol–water partition coefficient (Wildman–Crippen LogP) is -3.42. The van der Waals surface area contributed by atoms with Gasteiger partial charge in [0.05, 0.1) is 12.7 Å². The van der Waals surface area contributed by atoms with Crippen molar-refractivity contribution in [2.45, 2.75) is 31.3 Å². The van der Waals surface area contributed by atoms with Gasteiger partial charge in [-0.05, 0) is 6.92 Å². The van der Waals surface area contributed by atoms with Crippen LogP contribution >= 0.6 is 0 Å². The number of carbonyl (C=O) groups excluding carboxylic acids is 2. The average molecular weight is 222 g/mol. The molecule has 0 aromatic carbocycles. The van der Waals surface area contributed by atoms with E-state index >= 15 is 0 Å². The fourth-order valence-electron chi connectivity index (χ4n) is 0.785. The van der Waals surface area contributed by atoms with E-state index in [0.717, 1.165) is 6.92 Å². The minimum absolute atomic E-state index is 0.898. The van der Waals surface area contributed by atoms with E-state index in [1.807, 2.05) is 0 Å². The number of Topliss-reactive ketones (excluding diaryl/α,β-unsaturated/α-hetero) is 2. The predicted molar refractivity (Wildman–Crippen MR) is 46.8 cm³/mol. The van der Waals surface area contributed by atoms with E-state index in [1.165, 1.54) is 0 Å². The van der Waals surface area contributed by atoms with Gasteiger partial charge in [-0.2, -0.15) is 0 Å². The number of hydrogen-bond acceptors (Lipinski definition) is 7. The largest absolute Gasteiger partial charge is 0.394 e. The van der Waals surface area contributed by atoms with Crippen molar-refractivity contribution in [3.05, 3.63) is 0 Å². The van der Waals surface area contributed by atoms with Crippen LogP contribution in [0.1, 0.15) is 6.92 Å². The highest BCUT2D eigenvalue weighted by atomic mass is 16.4. The van der Waals surface area contributed by atoms with Crippen molar-refractivity contribution in [2.75, 3.05) is 6.61 Å². The van der Waals surface area contributed by atoms with Gasteiger partial charge in [0.1, 0.15) is 18.3 Å². The molecule has 7 nitrogen and oxygen atoms in total. The molecule has 0 spiro atoms. The Morgan fingerprint density at radius 1 is 1.00 bits per heavy atom. The Hall–Kier alpha value is -0.860. The standard InChI is InChI=1S/C8H14O7/c1-3(10)5(12)7(14)8(15)6(13)4(11)2-9/h3-6,9-13H,2H2,1H3/t3?,4-,5?,6+/m1/s1. The summed E-state index contributed by atoms with van der Waals surface area (Å²) in [6.07, 6.45) is -7.29. The lowest BCUT2D eigenvalue weighted by atomic mass is 10.0. The van der Waals surface area contributed by atoms with Crippen LogP contribution in [0.5, 0.6) is 0 Å². The molecular formula is C8H14O7. The molecule has 0 rings (SSSR count). The number of rotatable bonds is 6. The molecule has 0 aromatic heterocycles. The molecule has 4 atom stereocenters. The fraction of sp³-hybridized carbons (Fsp3) is 0.750. The quantitative estimate of drug-likeness (QED) is 0.295. The Morgan fingerprint density at radius 2 is 1.40 bits per heavy atom. The van der Waals surface area contributed by atoms with Crippen LogP contribution in [0.25, 0.3) is 0 Å². The Balaban J connectivity index is 4.51. The molecule has 7 heteroatoms. The summed E-state index contributed by atoms with van der Waals surface area (Å²) < 4.78 is 0. The molecule has 0 amide bonds. The van der Waals surface area contributed by atoms with Crippen molar-refractivity contribution >= 4 is 11.6 Å². The maximum atomic E-state index is 11.0. The van der Waals surface area contributed by atoms with Gasteiger partial charge in [0.2, 0.25) is 11.6 Å². The molecule has 88 valence electrons. The molecule has 0 bridgehead atoms. The molecule has 0 radical (unpaired) electrons. The SMILES string of the molecule is CC(O)C(O)C(=O)C(=O)[C@@H](O)[C@H](O)CO. The van der Waals surface area contributed by atoms with E-state index in [4.69, 9.17) is 25.5 Å². The molecule has 0 saturated carbocycles. The van der Waals surface area contributed by atoms with E-state index < -0.39 is 42.6 Å². The normalized spacial score (nSPS) is 19.1. The topological polar surface area (TPSA) is 135 Å². The van der Waals surface area contributed by atoms with Gasteiger partial charge < -0.3 is 25.5 Å². The minimum atomic E-state index is -2.10. The Morgan fingerprint density at radius 3 is 1.73 bits per heavy atom. The Labute approximate surface area is 85.6 Å². The highest BCUT2D eigenvalue weighted by Crippen LogP contribution is 2.01. The van der Waals surface area contributed by atoms with Crippen LogP contribution in [0.4, 0.5) is 0 Å². The van der Waals surface area contributed by atoms with Gasteiger partial charge in [-0.3, -0.25) is 9.59 Å². The van der Waals surface area contributed by atoms with Crippen LogP contribution in [-0.2, 0) is 9.59 Å². The van der Waals surface area contributed by atoms with E-state index in [0.29, 0.717) is 0 Å². The van der Waals surface area contributed by atoms with Crippen molar-refractivity contribution in [3.63, 3.8) is 0 Å². The van der Waals surface area contributed by atoms with Crippen molar-refractivity contribution in [1.82, 2.24) is 0 Å². The van der Waals surface area contributed by atoms with Gasteiger partial charge in [-0.25, -0.2) is 0 Å². The lowest BCUT2D eigenvalue weighted by molar-refractivity contribution is -0.153. The first kappa shape index (κ1) is 14.1. The van der Waals surface area contributed by atoms with Gasteiger partial charge in [0.15, 0.2) is 0 Å². The zero-order valence-corrected chi connectivity index (χ0v) is 8.07. The van der Waals surface area contributed by atoms with Crippen molar-refractivity contribution < 1.29 is 35.1 Å². The average Bonchev–Trinajstić information content (AvgIpc) is 2.23. The number of ketones is 2. The lowest BCUT2D eigenvalue weighted by Crippen LogP contribution is -2.46. The molecule has 0 saturated heterocycles. The van der Waals surface area contributed by atoms with Crippen LogP contribution < -0.4 is 0 Å². The summed E-state index contributed by atoms with van der Waals surface area (Å²) in [6, 6.07) is 0. The number of carbonyl (C=O) groups is 2. The van der Waals surface area contributed by atoms with Crippen molar-refractivity contribution in [1.29, 1.82) is 0 Å². The zero-order chi connectivity index (χ0) is 12.2. The first-order valence-corrected chi connectivity index (χ1v) is 4.24. The summed E-state index contributed by atoms with van der Waals surface area (Å²) in [4.78, 5) is 22.1. The third kappa shape index (κ3) is 3.65. The number of hydrogen-bond donors (Lipinski definition) is 5. The summed E-state index contributed by atoms with van der Waals surface area (Å²) >= 11 is 0. The van der Waals surface area contributed by atoms with Gasteiger partial charge >= 0.3 is 0 Å². The minimum Gasteiger partial charge on any atom is -0.394 e. The maximum absolute atomic E-state index is 11.0. The second-order valence-electron chi connectivity index (χ2n) is 3.11. The van der Waals surface area contributed by atoms with Gasteiger partial charge in [-0.1, -0.05) is 0 Å². The third-order valence-electron chi connectivity index (χ3n) is 1.79. The number of aliphatic hydroxyl groups excluding tert-OH is 5. The maximum Gasteiger partial charge on any atom is 0.232 e. The first-order chi connectivity index (χ1) is 6.82. The second kappa shape index (κ2) is 5.89. The first-order valence-electron chi connectivity index (χ1n) is 4.24. The van der Waals surface area contributed by atoms with Crippen molar-refractivity contribution in [2.24, 2.45) is 0 Å². The Kier molecular flexibility index (Phi) is 5.55. The van der Waals surface area contributed by atoms with Crippen LogP contribution in [0.2, 0.25) is 0 Å². The molecular weight excluding hydrogens is 208 g/mol. The van der Waals surface area contributed by atoms with Gasteiger partial charge in [0.25, 0.3) is 0 Å². The molecule has 0 aliphatic carbocycles. The van der Waals surface area contributed by atoms with Crippen LogP contribution in [0, 0.1) is 0 Å². The lowest BCUT2D eigenvalue weighted by Gasteiger charge is -2.16. The van der Waals surface area contributed by atoms with Gasteiger partial charge in [0, 0.05) is 0 Å². The summed E-state index contributed by atoms with van der Waals surface area (Å²) in [7, 11) is 0. The Bertz CT molecular complexity index is 237. The highest BCUT2D eigenvalue weighted by molar-refractivity contribution is 6.40. The molecule has 2 unspecified atom stereocenters. The monoisotopic (exact) mass is 222 g/mol. The van der Waals surface area contributed by atoms with Gasteiger partial charge in [-0.15, -0.1) is 0 Å². The molecule has 0 heterocycles. The van der Waals surface area contributed by atoms with E-state index in [1.54, 1.807) is 0 Å². The van der Waals surface area contributed by atoms with E-state index in [-0.39, 0.29) is 0 Å². The summed E-state index contributed by atoms with van der Waals surface area (Å²) in [5, 5.41) is 44.1. The molecule has 0 aliphatic heterocycles. The summed E-state index contributed by atoms with van der Waals surface area (Å²) in [5.74, 6) is -2.87. The second-order valence-corrected chi connectivity index (χ2v) is 3.11. The molecule has 15 heavy (non-hydrogen) atoms. The molecule has 0 aliphatic rings. The zero-order valence-electron chi connectivity index (χ0n) is 8.07. The number of aliphatic hydroxyl groups is 5. The van der Waals surface area contributed by atoms with E-state index in [9.17, 15) is 9.59 Å².